The third-order valence-electron chi connectivity index (χ3n) is 2.25. The Morgan fingerprint density at radius 3 is 2.83 bits per heavy atom. The molecule has 0 aliphatic carbocycles. The van der Waals surface area contributed by atoms with Gasteiger partial charge in [0.15, 0.2) is 0 Å². The van der Waals surface area contributed by atoms with Crippen LogP contribution < -0.4 is 0 Å². The summed E-state index contributed by atoms with van der Waals surface area (Å²) in [5.74, 6) is 0. The summed E-state index contributed by atoms with van der Waals surface area (Å²) >= 11 is 1.72. The summed E-state index contributed by atoms with van der Waals surface area (Å²) in [5.41, 5.74) is -0.162. The first-order chi connectivity index (χ1) is 5.70. The summed E-state index contributed by atoms with van der Waals surface area (Å²) < 4.78 is 0. The first-order valence-corrected chi connectivity index (χ1v) is 5.07. The fraction of sp³-hybridized carbons (Fsp3) is 0.500. The molecule has 1 unspecified atom stereocenters. The minimum Gasteiger partial charge on any atom is -0.303 e. The highest BCUT2D eigenvalue weighted by molar-refractivity contribution is 7.09. The van der Waals surface area contributed by atoms with E-state index in [-0.39, 0.29) is 5.41 Å². The van der Waals surface area contributed by atoms with Gasteiger partial charge in [-0.25, -0.2) is 0 Å². The molecular formula is C10H14OS. The van der Waals surface area contributed by atoms with Gasteiger partial charge in [0.2, 0.25) is 0 Å². The number of rotatable bonds is 4. The van der Waals surface area contributed by atoms with Gasteiger partial charge in [0.1, 0.15) is 6.29 Å². The second kappa shape index (κ2) is 3.85. The highest BCUT2D eigenvalue weighted by atomic mass is 32.1. The molecule has 0 aliphatic heterocycles. The average Bonchev–Trinajstić information content (AvgIpc) is 2.57. The molecule has 1 atom stereocenters. The van der Waals surface area contributed by atoms with Crippen LogP contribution in [0, 0.1) is 5.41 Å². The van der Waals surface area contributed by atoms with Crippen molar-refractivity contribution in [2.24, 2.45) is 5.41 Å². The van der Waals surface area contributed by atoms with Crippen LogP contribution in [0.2, 0.25) is 0 Å². The van der Waals surface area contributed by atoms with E-state index in [1.807, 2.05) is 13.0 Å². The molecule has 0 radical (unpaired) electrons. The normalized spacial score (nSPS) is 15.5. The van der Waals surface area contributed by atoms with Crippen molar-refractivity contribution in [3.8, 4) is 0 Å². The van der Waals surface area contributed by atoms with E-state index < -0.39 is 0 Å². The minimum atomic E-state index is -0.162. The van der Waals surface area contributed by atoms with Gasteiger partial charge in [0.05, 0.1) is 0 Å². The summed E-state index contributed by atoms with van der Waals surface area (Å²) in [6, 6.07) is 4.11. The van der Waals surface area contributed by atoms with E-state index in [0.29, 0.717) is 0 Å². The van der Waals surface area contributed by atoms with Crippen molar-refractivity contribution >= 4 is 17.6 Å². The quantitative estimate of drug-likeness (QED) is 0.654. The Kier molecular flexibility index (Phi) is 3.04. The average molecular weight is 182 g/mol. The number of aldehydes is 1. The van der Waals surface area contributed by atoms with Crippen molar-refractivity contribution in [2.45, 2.75) is 26.7 Å². The lowest BCUT2D eigenvalue weighted by atomic mass is 9.85. The Morgan fingerprint density at radius 2 is 2.42 bits per heavy atom. The molecule has 0 aliphatic rings. The molecule has 0 amide bonds. The smallest absolute Gasteiger partial charge is 0.126 e. The van der Waals surface area contributed by atoms with E-state index in [4.69, 9.17) is 0 Å². The first-order valence-electron chi connectivity index (χ1n) is 4.19. The molecule has 0 aromatic carbocycles. The third kappa shape index (κ3) is 2.18. The van der Waals surface area contributed by atoms with Crippen LogP contribution in [0.5, 0.6) is 0 Å². The van der Waals surface area contributed by atoms with Crippen molar-refractivity contribution in [1.82, 2.24) is 0 Å². The third-order valence-corrected chi connectivity index (χ3v) is 3.13. The summed E-state index contributed by atoms with van der Waals surface area (Å²) in [6.07, 6.45) is 2.87. The fourth-order valence-corrected chi connectivity index (χ4v) is 1.96. The summed E-state index contributed by atoms with van der Waals surface area (Å²) in [5, 5.41) is 2.05. The predicted molar refractivity (Wildman–Crippen MR) is 52.5 cm³/mol. The number of carbonyl (C=O) groups excluding carboxylic acids is 1. The lowest BCUT2D eigenvalue weighted by Crippen LogP contribution is -2.19. The second-order valence-electron chi connectivity index (χ2n) is 3.38. The molecule has 1 rings (SSSR count). The van der Waals surface area contributed by atoms with Gasteiger partial charge in [-0.15, -0.1) is 11.3 Å². The Bertz CT molecular complexity index is 240. The van der Waals surface area contributed by atoms with E-state index in [0.717, 1.165) is 19.1 Å². The van der Waals surface area contributed by atoms with Crippen molar-refractivity contribution in [1.29, 1.82) is 0 Å². The number of carbonyl (C=O) groups is 1. The molecule has 12 heavy (non-hydrogen) atoms. The van der Waals surface area contributed by atoms with Gasteiger partial charge in [-0.05, 0) is 24.3 Å². The van der Waals surface area contributed by atoms with E-state index >= 15 is 0 Å². The maximum absolute atomic E-state index is 10.8. The molecule has 0 saturated carbocycles. The zero-order valence-corrected chi connectivity index (χ0v) is 8.36. The Hall–Kier alpha value is -0.630. The lowest BCUT2D eigenvalue weighted by molar-refractivity contribution is -0.115. The zero-order chi connectivity index (χ0) is 9.03. The van der Waals surface area contributed by atoms with Crippen LogP contribution in [-0.2, 0) is 11.2 Å². The van der Waals surface area contributed by atoms with Gasteiger partial charge < -0.3 is 4.79 Å². The molecule has 0 bridgehead atoms. The molecule has 0 fully saturated rings. The van der Waals surface area contributed by atoms with Crippen molar-refractivity contribution in [3.63, 3.8) is 0 Å². The van der Waals surface area contributed by atoms with Gasteiger partial charge in [-0.1, -0.05) is 19.9 Å². The van der Waals surface area contributed by atoms with Gasteiger partial charge in [-0.2, -0.15) is 0 Å². The maximum Gasteiger partial charge on any atom is 0.126 e. The topological polar surface area (TPSA) is 17.1 Å². The van der Waals surface area contributed by atoms with Crippen LogP contribution in [0.1, 0.15) is 25.1 Å². The molecule has 1 aromatic heterocycles. The summed E-state index contributed by atoms with van der Waals surface area (Å²) in [4.78, 5) is 12.1. The molecule has 1 nitrogen and oxygen atoms in total. The highest BCUT2D eigenvalue weighted by Crippen LogP contribution is 2.25. The van der Waals surface area contributed by atoms with Crippen LogP contribution in [0.15, 0.2) is 17.5 Å². The van der Waals surface area contributed by atoms with Gasteiger partial charge in [-0.3, -0.25) is 0 Å². The van der Waals surface area contributed by atoms with E-state index in [9.17, 15) is 4.79 Å². The SMILES string of the molecule is CCC(C)(C=O)Cc1cccs1. The molecule has 0 spiro atoms. The second-order valence-corrected chi connectivity index (χ2v) is 4.41. The van der Waals surface area contributed by atoms with Crippen LogP contribution in [-0.4, -0.2) is 6.29 Å². The first kappa shape index (κ1) is 9.46. The lowest BCUT2D eigenvalue weighted by Gasteiger charge is -2.19. The van der Waals surface area contributed by atoms with Crippen molar-refractivity contribution < 1.29 is 4.79 Å². The minimum absolute atomic E-state index is 0.162. The zero-order valence-electron chi connectivity index (χ0n) is 7.54. The Balaban J connectivity index is 2.66. The van der Waals surface area contributed by atoms with Crippen LogP contribution in [0.3, 0.4) is 0 Å². The molecule has 2 heteroatoms. The van der Waals surface area contributed by atoms with E-state index in [1.54, 1.807) is 11.3 Å². The Morgan fingerprint density at radius 1 is 1.67 bits per heavy atom. The fourth-order valence-electron chi connectivity index (χ4n) is 1.06. The summed E-state index contributed by atoms with van der Waals surface area (Å²) in [7, 11) is 0. The van der Waals surface area contributed by atoms with Crippen LogP contribution >= 0.6 is 11.3 Å². The number of thiophene rings is 1. The van der Waals surface area contributed by atoms with Gasteiger partial charge >= 0.3 is 0 Å². The molecule has 0 saturated heterocycles. The number of hydrogen-bond donors (Lipinski definition) is 0. The largest absolute Gasteiger partial charge is 0.303 e. The molecule has 1 heterocycles. The highest BCUT2D eigenvalue weighted by Gasteiger charge is 2.21. The summed E-state index contributed by atoms with van der Waals surface area (Å²) in [6.45, 7) is 4.07. The molecule has 0 N–H and O–H groups in total. The molecular weight excluding hydrogens is 168 g/mol. The number of hydrogen-bond acceptors (Lipinski definition) is 2. The van der Waals surface area contributed by atoms with E-state index in [2.05, 4.69) is 18.4 Å². The Labute approximate surface area is 77.4 Å². The molecule has 66 valence electrons. The molecule has 1 aromatic rings. The maximum atomic E-state index is 10.8. The van der Waals surface area contributed by atoms with E-state index in [1.165, 1.54) is 4.88 Å². The predicted octanol–water partition coefficient (Wildman–Crippen LogP) is 2.91. The van der Waals surface area contributed by atoms with Crippen molar-refractivity contribution in [3.05, 3.63) is 22.4 Å². The van der Waals surface area contributed by atoms with Gasteiger partial charge in [0, 0.05) is 10.3 Å². The van der Waals surface area contributed by atoms with Crippen LogP contribution in [0.25, 0.3) is 0 Å². The van der Waals surface area contributed by atoms with Crippen molar-refractivity contribution in [2.75, 3.05) is 0 Å². The standard InChI is InChI=1S/C10H14OS/c1-3-10(2,8-11)7-9-5-4-6-12-9/h4-6,8H,3,7H2,1-2H3. The van der Waals surface area contributed by atoms with Gasteiger partial charge in [0.25, 0.3) is 0 Å². The van der Waals surface area contributed by atoms with Crippen LogP contribution in [0.4, 0.5) is 0 Å². The monoisotopic (exact) mass is 182 g/mol.